The van der Waals surface area contributed by atoms with Crippen LogP contribution < -0.4 is 11.1 Å². The zero-order valence-corrected chi connectivity index (χ0v) is 13.2. The van der Waals surface area contributed by atoms with Crippen LogP contribution in [0.1, 0.15) is 21.5 Å². The monoisotopic (exact) mass is 348 g/mol. The maximum Gasteiger partial charge on any atom is 0.255 e. The van der Waals surface area contributed by atoms with Crippen molar-refractivity contribution in [2.45, 2.75) is 6.92 Å². The summed E-state index contributed by atoms with van der Waals surface area (Å²) < 4.78 is 0.844. The third-order valence-corrected chi connectivity index (χ3v) is 3.67. The highest BCUT2D eigenvalue weighted by atomic mass is 79.9. The normalized spacial score (nSPS) is 10.1. The van der Waals surface area contributed by atoms with Crippen molar-refractivity contribution in [2.75, 3.05) is 5.32 Å². The second-order valence-corrected chi connectivity index (χ2v) is 5.68. The molecule has 0 aliphatic heterocycles. The van der Waals surface area contributed by atoms with Gasteiger partial charge in [-0.3, -0.25) is 4.79 Å². The van der Waals surface area contributed by atoms with E-state index >= 15 is 0 Å². The molecule has 0 fully saturated rings. The number of halogens is 1. The minimum Gasteiger partial charge on any atom is -0.389 e. The minimum atomic E-state index is -0.201. The van der Waals surface area contributed by atoms with Gasteiger partial charge in [0.15, 0.2) is 0 Å². The maximum absolute atomic E-state index is 12.2. The van der Waals surface area contributed by atoms with Crippen LogP contribution in [-0.4, -0.2) is 10.9 Å². The Kier molecular flexibility index (Phi) is 4.52. The van der Waals surface area contributed by atoms with E-state index in [-0.39, 0.29) is 10.9 Å². The molecule has 0 atom stereocenters. The number of thiocarbonyl (C=S) groups is 1. The highest BCUT2D eigenvalue weighted by molar-refractivity contribution is 9.10. The molecule has 0 aromatic heterocycles. The first-order valence-electron chi connectivity index (χ1n) is 5.95. The lowest BCUT2D eigenvalue weighted by molar-refractivity contribution is 0.102. The Labute approximate surface area is 131 Å². The van der Waals surface area contributed by atoms with Crippen LogP contribution in [0.3, 0.4) is 0 Å². The summed E-state index contributed by atoms with van der Waals surface area (Å²) >= 11 is 8.34. The van der Waals surface area contributed by atoms with Crippen LogP contribution in [0.5, 0.6) is 0 Å². The number of anilines is 1. The Bertz CT molecular complexity index is 685. The van der Waals surface area contributed by atoms with Crippen molar-refractivity contribution in [1.29, 1.82) is 0 Å². The first-order valence-corrected chi connectivity index (χ1v) is 7.15. The van der Waals surface area contributed by atoms with Crippen molar-refractivity contribution < 1.29 is 4.79 Å². The third-order valence-electron chi connectivity index (χ3n) is 2.78. The van der Waals surface area contributed by atoms with Gasteiger partial charge >= 0.3 is 0 Å². The number of amides is 1. The Morgan fingerprint density at radius 2 is 1.90 bits per heavy atom. The Balaban J connectivity index is 2.24. The molecular formula is C15H13BrN2OS. The average molecular weight is 349 g/mol. The van der Waals surface area contributed by atoms with Crippen molar-refractivity contribution in [2.24, 2.45) is 5.73 Å². The molecule has 5 heteroatoms. The lowest BCUT2D eigenvalue weighted by Gasteiger charge is -2.09. The molecule has 2 rings (SSSR count). The van der Waals surface area contributed by atoms with Gasteiger partial charge in [0, 0.05) is 15.6 Å². The molecule has 0 heterocycles. The molecule has 0 radical (unpaired) electrons. The zero-order chi connectivity index (χ0) is 14.7. The van der Waals surface area contributed by atoms with Gasteiger partial charge in [-0.1, -0.05) is 30.4 Å². The van der Waals surface area contributed by atoms with Crippen molar-refractivity contribution in [1.82, 2.24) is 0 Å². The Morgan fingerprint density at radius 1 is 1.20 bits per heavy atom. The van der Waals surface area contributed by atoms with Crippen LogP contribution in [0.2, 0.25) is 0 Å². The molecule has 1 amide bonds. The zero-order valence-electron chi connectivity index (χ0n) is 10.8. The fraction of sp³-hybridized carbons (Fsp3) is 0.0667. The number of hydrogen-bond donors (Lipinski definition) is 2. The summed E-state index contributed by atoms with van der Waals surface area (Å²) in [4.78, 5) is 12.5. The van der Waals surface area contributed by atoms with Crippen molar-refractivity contribution in [3.05, 3.63) is 63.6 Å². The molecule has 0 unspecified atom stereocenters. The number of nitrogens with one attached hydrogen (secondary N) is 1. The highest BCUT2D eigenvalue weighted by Gasteiger charge is 2.09. The Morgan fingerprint density at radius 3 is 2.55 bits per heavy atom. The van der Waals surface area contributed by atoms with Gasteiger partial charge < -0.3 is 11.1 Å². The quantitative estimate of drug-likeness (QED) is 0.832. The van der Waals surface area contributed by atoms with Gasteiger partial charge in [0.05, 0.1) is 5.69 Å². The van der Waals surface area contributed by atoms with Crippen LogP contribution in [0, 0.1) is 6.92 Å². The Hall–Kier alpha value is -1.72. The van der Waals surface area contributed by atoms with Gasteiger partial charge in [-0.2, -0.15) is 0 Å². The van der Waals surface area contributed by atoms with Gasteiger partial charge in [-0.25, -0.2) is 0 Å². The number of rotatable bonds is 3. The van der Waals surface area contributed by atoms with Gasteiger partial charge in [-0.15, -0.1) is 0 Å². The fourth-order valence-corrected chi connectivity index (χ4v) is 2.45. The molecule has 0 saturated heterocycles. The molecule has 0 saturated carbocycles. The number of aryl methyl sites for hydroxylation is 1. The SMILES string of the molecule is Cc1ccc(NC(=O)c2cccc(C(N)=S)c2)c(Br)c1. The third kappa shape index (κ3) is 3.43. The molecule has 0 aliphatic rings. The van der Waals surface area contributed by atoms with E-state index in [1.165, 1.54) is 0 Å². The summed E-state index contributed by atoms with van der Waals surface area (Å²) in [6, 6.07) is 12.7. The molecule has 102 valence electrons. The van der Waals surface area contributed by atoms with E-state index in [2.05, 4.69) is 21.2 Å². The molecule has 2 aromatic carbocycles. The topological polar surface area (TPSA) is 55.1 Å². The molecule has 3 nitrogen and oxygen atoms in total. The van der Waals surface area contributed by atoms with E-state index < -0.39 is 0 Å². The summed E-state index contributed by atoms with van der Waals surface area (Å²) in [5.74, 6) is -0.201. The van der Waals surface area contributed by atoms with E-state index in [0.717, 1.165) is 15.7 Å². The summed E-state index contributed by atoms with van der Waals surface area (Å²) in [6.07, 6.45) is 0. The number of carbonyl (C=O) groups is 1. The standard InChI is InChI=1S/C15H13BrN2OS/c1-9-5-6-13(12(16)7-9)18-15(19)11-4-2-3-10(8-11)14(17)20/h2-8H,1H3,(H2,17,20)(H,18,19). The van der Waals surface area contributed by atoms with E-state index in [1.54, 1.807) is 24.3 Å². The second kappa shape index (κ2) is 6.15. The van der Waals surface area contributed by atoms with E-state index in [1.807, 2.05) is 25.1 Å². The highest BCUT2D eigenvalue weighted by Crippen LogP contribution is 2.24. The summed E-state index contributed by atoms with van der Waals surface area (Å²) in [7, 11) is 0. The largest absolute Gasteiger partial charge is 0.389 e. The number of benzene rings is 2. The van der Waals surface area contributed by atoms with Crippen molar-refractivity contribution in [3.63, 3.8) is 0 Å². The molecule has 0 bridgehead atoms. The lowest BCUT2D eigenvalue weighted by atomic mass is 10.1. The fourth-order valence-electron chi connectivity index (χ4n) is 1.73. The average Bonchev–Trinajstić information content (AvgIpc) is 2.42. The number of carbonyl (C=O) groups excluding carboxylic acids is 1. The molecule has 2 aromatic rings. The molecule has 0 aliphatic carbocycles. The van der Waals surface area contributed by atoms with Crippen LogP contribution in [0.4, 0.5) is 5.69 Å². The predicted molar refractivity (Wildman–Crippen MR) is 89.2 cm³/mol. The molecule has 20 heavy (non-hydrogen) atoms. The second-order valence-electron chi connectivity index (χ2n) is 4.38. The van der Waals surface area contributed by atoms with Crippen LogP contribution in [0.25, 0.3) is 0 Å². The van der Waals surface area contributed by atoms with Gasteiger partial charge in [-0.05, 0) is 52.7 Å². The van der Waals surface area contributed by atoms with Crippen LogP contribution in [-0.2, 0) is 0 Å². The minimum absolute atomic E-state index is 0.201. The van der Waals surface area contributed by atoms with E-state index in [4.69, 9.17) is 18.0 Å². The molecular weight excluding hydrogens is 336 g/mol. The van der Waals surface area contributed by atoms with Crippen molar-refractivity contribution >= 4 is 44.7 Å². The smallest absolute Gasteiger partial charge is 0.255 e. The van der Waals surface area contributed by atoms with Crippen molar-refractivity contribution in [3.8, 4) is 0 Å². The maximum atomic E-state index is 12.2. The molecule has 0 spiro atoms. The summed E-state index contributed by atoms with van der Waals surface area (Å²) in [5, 5.41) is 2.85. The van der Waals surface area contributed by atoms with Gasteiger partial charge in [0.25, 0.3) is 5.91 Å². The summed E-state index contributed by atoms with van der Waals surface area (Å²) in [6.45, 7) is 1.99. The van der Waals surface area contributed by atoms with Crippen LogP contribution >= 0.6 is 28.1 Å². The first kappa shape index (κ1) is 14.7. The van der Waals surface area contributed by atoms with E-state index in [9.17, 15) is 4.79 Å². The van der Waals surface area contributed by atoms with Gasteiger partial charge in [0.2, 0.25) is 0 Å². The predicted octanol–water partition coefficient (Wildman–Crippen LogP) is 3.64. The lowest BCUT2D eigenvalue weighted by Crippen LogP contribution is -2.15. The number of nitrogens with two attached hydrogens (primary N) is 1. The van der Waals surface area contributed by atoms with Crippen LogP contribution in [0.15, 0.2) is 46.9 Å². The van der Waals surface area contributed by atoms with Gasteiger partial charge in [0.1, 0.15) is 4.99 Å². The summed E-state index contributed by atoms with van der Waals surface area (Å²) in [5.41, 5.74) is 8.60. The molecule has 3 N–H and O–H groups in total. The van der Waals surface area contributed by atoms with E-state index in [0.29, 0.717) is 11.1 Å². The number of hydrogen-bond acceptors (Lipinski definition) is 2. The first-order chi connectivity index (χ1) is 9.47.